The topological polar surface area (TPSA) is 119 Å². The van der Waals surface area contributed by atoms with E-state index in [-0.39, 0.29) is 22.8 Å². The molecule has 0 aliphatic carbocycles. The molecular formula is C24H28FN7. The minimum atomic E-state index is -0.659. The first-order valence-corrected chi connectivity index (χ1v) is 10.5. The van der Waals surface area contributed by atoms with Crippen molar-refractivity contribution >= 4 is 22.8 Å². The Hall–Kier alpha value is -3.99. The second-order valence-electron chi connectivity index (χ2n) is 6.44. The maximum Gasteiger partial charge on any atom is 0.222 e. The van der Waals surface area contributed by atoms with E-state index in [1.165, 1.54) is 6.07 Å². The number of anilines is 2. The van der Waals surface area contributed by atoms with Crippen molar-refractivity contribution < 1.29 is 4.39 Å². The van der Waals surface area contributed by atoms with Crippen molar-refractivity contribution in [2.75, 3.05) is 11.5 Å². The third-order valence-corrected chi connectivity index (χ3v) is 4.54. The van der Waals surface area contributed by atoms with E-state index in [1.807, 2.05) is 63.5 Å². The molecule has 0 atom stereocenters. The summed E-state index contributed by atoms with van der Waals surface area (Å²) in [5, 5.41) is 9.09. The highest BCUT2D eigenvalue weighted by Crippen LogP contribution is 2.29. The average molecular weight is 434 g/mol. The van der Waals surface area contributed by atoms with E-state index in [1.54, 1.807) is 18.5 Å². The van der Waals surface area contributed by atoms with Gasteiger partial charge in [-0.1, -0.05) is 45.9 Å². The first-order valence-electron chi connectivity index (χ1n) is 10.5. The number of aromatic nitrogens is 4. The van der Waals surface area contributed by atoms with Gasteiger partial charge in [-0.15, -0.1) is 0 Å². The number of halogens is 1. The normalized spacial score (nSPS) is 9.91. The van der Waals surface area contributed by atoms with E-state index in [0.29, 0.717) is 17.7 Å². The van der Waals surface area contributed by atoms with Crippen LogP contribution in [-0.2, 0) is 6.54 Å². The zero-order chi connectivity index (χ0) is 23.8. The van der Waals surface area contributed by atoms with Crippen LogP contribution in [0, 0.1) is 24.1 Å². The molecule has 2 aromatic heterocycles. The Bertz CT molecular complexity index is 1260. The predicted octanol–water partition coefficient (Wildman–Crippen LogP) is 5.08. The monoisotopic (exact) mass is 433 g/mol. The predicted molar refractivity (Wildman–Crippen MR) is 127 cm³/mol. The van der Waals surface area contributed by atoms with Crippen LogP contribution in [0.25, 0.3) is 22.4 Å². The molecule has 0 saturated heterocycles. The molecule has 4 N–H and O–H groups in total. The summed E-state index contributed by atoms with van der Waals surface area (Å²) in [6, 6.07) is 12.1. The molecule has 0 aliphatic heterocycles. The molecule has 0 aliphatic rings. The van der Waals surface area contributed by atoms with Crippen LogP contribution in [0.2, 0.25) is 0 Å². The lowest BCUT2D eigenvalue weighted by atomic mass is 10.1. The third-order valence-electron chi connectivity index (χ3n) is 4.54. The number of imidazole rings is 1. The summed E-state index contributed by atoms with van der Waals surface area (Å²) in [5.41, 5.74) is 15.7. The molecule has 166 valence electrons. The molecular weight excluding hydrogens is 405 g/mol. The standard InChI is InChI=1S/C20H16FN7.2C2H6/c1-11-7-12(5-6-15(11)23)9-28-10-25-18-17(26-20(24)27-19(18)28)14-4-2-3-13(8-22)16(14)21;2*1-2/h2-7,10H,9,23H2,1H3,(H2,24,26,27);2*1-2H3. The molecule has 2 aromatic carbocycles. The summed E-state index contributed by atoms with van der Waals surface area (Å²) >= 11 is 0. The lowest BCUT2D eigenvalue weighted by molar-refractivity contribution is 0.627. The molecule has 0 spiro atoms. The van der Waals surface area contributed by atoms with Gasteiger partial charge in [-0.25, -0.2) is 14.4 Å². The van der Waals surface area contributed by atoms with Crippen LogP contribution in [0.5, 0.6) is 0 Å². The summed E-state index contributed by atoms with van der Waals surface area (Å²) in [4.78, 5) is 12.8. The summed E-state index contributed by atoms with van der Waals surface area (Å²) in [7, 11) is 0. The van der Waals surface area contributed by atoms with Gasteiger partial charge in [0.1, 0.15) is 23.1 Å². The van der Waals surface area contributed by atoms with Crippen molar-refractivity contribution in [3.63, 3.8) is 0 Å². The quantitative estimate of drug-likeness (QED) is 0.435. The molecule has 4 rings (SSSR count). The van der Waals surface area contributed by atoms with Gasteiger partial charge in [-0.2, -0.15) is 10.2 Å². The maximum atomic E-state index is 14.7. The highest BCUT2D eigenvalue weighted by molar-refractivity contribution is 5.88. The number of nitrogens with two attached hydrogens (primary N) is 2. The number of nitrogen functional groups attached to an aromatic ring is 2. The molecule has 0 radical (unpaired) electrons. The highest BCUT2D eigenvalue weighted by atomic mass is 19.1. The number of hydrogen-bond acceptors (Lipinski definition) is 6. The van der Waals surface area contributed by atoms with E-state index >= 15 is 0 Å². The van der Waals surface area contributed by atoms with Gasteiger partial charge in [0, 0.05) is 11.3 Å². The smallest absolute Gasteiger partial charge is 0.222 e. The molecule has 0 unspecified atom stereocenters. The second-order valence-corrected chi connectivity index (χ2v) is 6.44. The van der Waals surface area contributed by atoms with Crippen LogP contribution < -0.4 is 11.5 Å². The number of nitriles is 1. The Labute approximate surface area is 187 Å². The van der Waals surface area contributed by atoms with Crippen molar-refractivity contribution in [3.8, 4) is 17.3 Å². The number of aryl methyl sites for hydroxylation is 1. The second kappa shape index (κ2) is 10.9. The summed E-state index contributed by atoms with van der Waals surface area (Å²) in [6.07, 6.45) is 1.61. The number of benzene rings is 2. The van der Waals surface area contributed by atoms with Crippen LogP contribution in [0.4, 0.5) is 16.0 Å². The number of hydrogen-bond donors (Lipinski definition) is 2. The van der Waals surface area contributed by atoms with Gasteiger partial charge in [0.05, 0.1) is 18.4 Å². The molecule has 0 fully saturated rings. The summed E-state index contributed by atoms with van der Waals surface area (Å²) in [5.74, 6) is -0.660. The van der Waals surface area contributed by atoms with E-state index < -0.39 is 5.82 Å². The number of fused-ring (bicyclic) bond motifs is 1. The highest BCUT2D eigenvalue weighted by Gasteiger charge is 2.18. The van der Waals surface area contributed by atoms with Crippen LogP contribution in [0.15, 0.2) is 42.7 Å². The Morgan fingerprint density at radius 2 is 1.78 bits per heavy atom. The van der Waals surface area contributed by atoms with Crippen molar-refractivity contribution in [2.24, 2.45) is 0 Å². The van der Waals surface area contributed by atoms with Gasteiger partial charge in [0.2, 0.25) is 5.95 Å². The van der Waals surface area contributed by atoms with E-state index in [2.05, 4.69) is 15.0 Å². The van der Waals surface area contributed by atoms with Gasteiger partial charge >= 0.3 is 0 Å². The zero-order valence-electron chi connectivity index (χ0n) is 19.0. The SMILES string of the molecule is CC.CC.Cc1cc(Cn2cnc3c(-c4cccc(C#N)c4F)nc(N)nc32)ccc1N. The summed E-state index contributed by atoms with van der Waals surface area (Å²) in [6.45, 7) is 10.4. The Morgan fingerprint density at radius 1 is 1.06 bits per heavy atom. The molecule has 0 bridgehead atoms. The molecule has 7 nitrogen and oxygen atoms in total. The fraction of sp³-hybridized carbons (Fsp3) is 0.250. The first kappa shape index (κ1) is 24.3. The van der Waals surface area contributed by atoms with Crippen LogP contribution in [-0.4, -0.2) is 19.5 Å². The lowest BCUT2D eigenvalue weighted by Gasteiger charge is -2.09. The minimum absolute atomic E-state index is 0.000465. The van der Waals surface area contributed by atoms with Gasteiger partial charge < -0.3 is 16.0 Å². The number of nitrogens with zero attached hydrogens (tertiary/aromatic N) is 5. The number of rotatable bonds is 3. The molecule has 4 aromatic rings. The first-order chi connectivity index (χ1) is 15.5. The van der Waals surface area contributed by atoms with Crippen LogP contribution in [0.3, 0.4) is 0 Å². The van der Waals surface area contributed by atoms with Crippen molar-refractivity contribution in [1.82, 2.24) is 19.5 Å². The van der Waals surface area contributed by atoms with E-state index in [0.717, 1.165) is 16.8 Å². The van der Waals surface area contributed by atoms with Gasteiger partial charge in [-0.05, 0) is 36.2 Å². The van der Waals surface area contributed by atoms with Crippen molar-refractivity contribution in [2.45, 2.75) is 41.2 Å². The fourth-order valence-corrected chi connectivity index (χ4v) is 3.10. The fourth-order valence-electron chi connectivity index (χ4n) is 3.10. The van der Waals surface area contributed by atoms with Gasteiger partial charge in [0.25, 0.3) is 0 Å². The van der Waals surface area contributed by atoms with Crippen molar-refractivity contribution in [3.05, 3.63) is 65.2 Å². The summed E-state index contributed by atoms with van der Waals surface area (Å²) < 4.78 is 16.5. The van der Waals surface area contributed by atoms with Gasteiger partial charge in [0.15, 0.2) is 5.65 Å². The Balaban J connectivity index is 0.000000860. The molecule has 2 heterocycles. The van der Waals surface area contributed by atoms with Crippen LogP contribution in [0.1, 0.15) is 44.4 Å². The third kappa shape index (κ3) is 4.83. The van der Waals surface area contributed by atoms with Crippen molar-refractivity contribution in [1.29, 1.82) is 5.26 Å². The lowest BCUT2D eigenvalue weighted by Crippen LogP contribution is -2.04. The molecule has 32 heavy (non-hydrogen) atoms. The molecule has 0 amide bonds. The largest absolute Gasteiger partial charge is 0.399 e. The Kier molecular flexibility index (Phi) is 8.24. The molecule has 8 heteroatoms. The maximum absolute atomic E-state index is 14.7. The zero-order valence-corrected chi connectivity index (χ0v) is 19.0. The average Bonchev–Trinajstić information content (AvgIpc) is 3.21. The van der Waals surface area contributed by atoms with Crippen LogP contribution >= 0.6 is 0 Å². The Morgan fingerprint density at radius 3 is 2.44 bits per heavy atom. The van der Waals surface area contributed by atoms with E-state index in [9.17, 15) is 4.39 Å². The van der Waals surface area contributed by atoms with E-state index in [4.69, 9.17) is 16.7 Å². The molecule has 0 saturated carbocycles. The van der Waals surface area contributed by atoms with Gasteiger partial charge in [-0.3, -0.25) is 0 Å². The minimum Gasteiger partial charge on any atom is -0.399 e.